The fraction of sp³-hybridized carbons (Fsp3) is 0.455. The van der Waals surface area contributed by atoms with Crippen molar-refractivity contribution in [2.75, 3.05) is 12.4 Å². The summed E-state index contributed by atoms with van der Waals surface area (Å²) in [6.45, 7) is 2.40. The molecule has 0 aliphatic carbocycles. The van der Waals surface area contributed by atoms with E-state index in [0.29, 0.717) is 19.4 Å². The van der Waals surface area contributed by atoms with Crippen LogP contribution in [0.1, 0.15) is 18.4 Å². The van der Waals surface area contributed by atoms with E-state index < -0.39 is 10.1 Å². The number of hydrogen-bond acceptors (Lipinski definition) is 4. The zero-order valence-electron chi connectivity index (χ0n) is 10.2. The minimum atomic E-state index is -4.08. The summed E-state index contributed by atoms with van der Waals surface area (Å²) in [7, 11) is -4.08. The zero-order chi connectivity index (χ0) is 12.0. The summed E-state index contributed by atoms with van der Waals surface area (Å²) in [4.78, 5) is 0. The third kappa shape index (κ3) is 8.63. The van der Waals surface area contributed by atoms with Gasteiger partial charge in [0, 0.05) is 5.75 Å². The Morgan fingerprint density at radius 2 is 2.00 bits per heavy atom. The molecular formula is C11H15NaO4S. The van der Waals surface area contributed by atoms with Gasteiger partial charge in [-0.05, 0) is 37.5 Å². The average molecular weight is 266 g/mol. The van der Waals surface area contributed by atoms with Gasteiger partial charge in [-0.25, -0.2) is 8.42 Å². The molecule has 0 radical (unpaired) electrons. The van der Waals surface area contributed by atoms with Crippen LogP contribution in [0.5, 0.6) is 5.75 Å². The Hall–Kier alpha value is -0.0700. The molecule has 17 heavy (non-hydrogen) atoms. The number of unbranched alkanes of at least 4 members (excludes halogenated alkanes) is 1. The van der Waals surface area contributed by atoms with Crippen LogP contribution in [0.2, 0.25) is 0 Å². The third-order valence-corrected chi connectivity index (χ3v) is 2.84. The number of rotatable bonds is 6. The molecule has 0 heterocycles. The van der Waals surface area contributed by atoms with E-state index in [0.717, 1.165) is 11.3 Å². The van der Waals surface area contributed by atoms with Crippen molar-refractivity contribution >= 4 is 10.1 Å². The molecule has 0 fully saturated rings. The van der Waals surface area contributed by atoms with E-state index in [1.807, 2.05) is 31.2 Å². The predicted molar refractivity (Wildman–Crippen MR) is 60.5 cm³/mol. The zero-order valence-corrected chi connectivity index (χ0v) is 13.0. The second-order valence-electron chi connectivity index (χ2n) is 3.63. The number of aryl methyl sites for hydroxylation is 1. The van der Waals surface area contributed by atoms with E-state index >= 15 is 0 Å². The Labute approximate surface area is 124 Å². The van der Waals surface area contributed by atoms with E-state index in [4.69, 9.17) is 4.74 Å². The smallest absolute Gasteiger partial charge is 0.748 e. The van der Waals surface area contributed by atoms with Crippen molar-refractivity contribution < 1.29 is 47.3 Å². The van der Waals surface area contributed by atoms with Gasteiger partial charge in [0.05, 0.1) is 16.7 Å². The molecule has 1 aromatic rings. The van der Waals surface area contributed by atoms with Crippen LogP contribution in [-0.2, 0) is 10.1 Å². The molecule has 0 aromatic heterocycles. The first kappa shape index (κ1) is 16.9. The van der Waals surface area contributed by atoms with Gasteiger partial charge in [-0.1, -0.05) is 12.1 Å². The van der Waals surface area contributed by atoms with Crippen LogP contribution in [0.25, 0.3) is 0 Å². The summed E-state index contributed by atoms with van der Waals surface area (Å²) in [6, 6.07) is 7.62. The van der Waals surface area contributed by atoms with E-state index in [1.54, 1.807) is 0 Å². The molecule has 0 bridgehead atoms. The van der Waals surface area contributed by atoms with Crippen molar-refractivity contribution in [3.8, 4) is 5.75 Å². The molecule has 0 spiro atoms. The molecule has 0 saturated heterocycles. The van der Waals surface area contributed by atoms with Gasteiger partial charge in [0.15, 0.2) is 0 Å². The van der Waals surface area contributed by atoms with E-state index in [2.05, 4.69) is 0 Å². The third-order valence-electron chi connectivity index (χ3n) is 2.05. The van der Waals surface area contributed by atoms with Crippen molar-refractivity contribution in [1.29, 1.82) is 0 Å². The second kappa shape index (κ2) is 8.11. The van der Waals surface area contributed by atoms with Crippen LogP contribution < -0.4 is 34.3 Å². The maximum absolute atomic E-state index is 10.3. The average Bonchev–Trinajstić information content (AvgIpc) is 2.15. The molecule has 0 amide bonds. The summed E-state index contributed by atoms with van der Waals surface area (Å²) in [5.74, 6) is 0.453. The van der Waals surface area contributed by atoms with Gasteiger partial charge in [-0.15, -0.1) is 0 Å². The minimum absolute atomic E-state index is 0. The van der Waals surface area contributed by atoms with Crippen LogP contribution in [0, 0.1) is 6.92 Å². The Kier molecular flexibility index (Phi) is 8.07. The molecule has 0 N–H and O–H groups in total. The molecule has 0 atom stereocenters. The standard InChI is InChI=1S/C11H16O4S.Na/c1-10-5-4-6-11(9-10)15-7-2-3-8-16(12,13)14;/h4-6,9H,2-3,7-8H2,1H3,(H,12,13,14);/q;+1/p-1. The van der Waals surface area contributed by atoms with Gasteiger partial charge in [-0.2, -0.15) is 0 Å². The van der Waals surface area contributed by atoms with Gasteiger partial charge in [0.1, 0.15) is 5.75 Å². The molecular weight excluding hydrogens is 251 g/mol. The minimum Gasteiger partial charge on any atom is -0.748 e. The Balaban J connectivity index is 0.00000256. The maximum Gasteiger partial charge on any atom is 1.00 e. The van der Waals surface area contributed by atoms with Crippen LogP contribution in [0.15, 0.2) is 24.3 Å². The van der Waals surface area contributed by atoms with E-state index in [9.17, 15) is 13.0 Å². The van der Waals surface area contributed by atoms with Crippen LogP contribution in [-0.4, -0.2) is 25.3 Å². The van der Waals surface area contributed by atoms with Crippen LogP contribution in [0.4, 0.5) is 0 Å². The molecule has 6 heteroatoms. The first-order valence-corrected chi connectivity index (χ1v) is 6.68. The fourth-order valence-corrected chi connectivity index (χ4v) is 1.83. The van der Waals surface area contributed by atoms with Gasteiger partial charge in [0.2, 0.25) is 0 Å². The Morgan fingerprint density at radius 3 is 2.59 bits per heavy atom. The quantitative estimate of drug-likeness (QED) is 0.365. The van der Waals surface area contributed by atoms with Crippen LogP contribution in [0.3, 0.4) is 0 Å². The molecule has 0 aliphatic rings. The van der Waals surface area contributed by atoms with Crippen molar-refractivity contribution in [3.05, 3.63) is 29.8 Å². The first-order chi connectivity index (χ1) is 7.47. The Morgan fingerprint density at radius 1 is 1.29 bits per heavy atom. The molecule has 0 unspecified atom stereocenters. The predicted octanol–water partition coefficient (Wildman–Crippen LogP) is -1.30. The van der Waals surface area contributed by atoms with E-state index in [1.165, 1.54) is 0 Å². The molecule has 1 rings (SSSR count). The molecule has 90 valence electrons. The number of benzene rings is 1. The fourth-order valence-electron chi connectivity index (χ4n) is 1.28. The maximum atomic E-state index is 10.3. The summed E-state index contributed by atoms with van der Waals surface area (Å²) in [6.07, 6.45) is 0.910. The molecule has 0 saturated carbocycles. The molecule has 0 aliphatic heterocycles. The summed E-state index contributed by atoms with van der Waals surface area (Å²) in [5, 5.41) is 0. The molecule has 4 nitrogen and oxygen atoms in total. The summed E-state index contributed by atoms with van der Waals surface area (Å²) in [5.41, 5.74) is 1.11. The largest absolute Gasteiger partial charge is 1.00 e. The van der Waals surface area contributed by atoms with Gasteiger partial charge >= 0.3 is 29.6 Å². The van der Waals surface area contributed by atoms with Crippen molar-refractivity contribution in [2.45, 2.75) is 19.8 Å². The second-order valence-corrected chi connectivity index (χ2v) is 5.16. The number of ether oxygens (including phenoxy) is 1. The van der Waals surface area contributed by atoms with Gasteiger partial charge in [0.25, 0.3) is 0 Å². The van der Waals surface area contributed by atoms with Crippen LogP contribution >= 0.6 is 0 Å². The SMILES string of the molecule is Cc1cccc(OCCCCS(=O)(=O)[O-])c1.[Na+]. The van der Waals surface area contributed by atoms with Crippen molar-refractivity contribution in [1.82, 2.24) is 0 Å². The molecule has 1 aromatic carbocycles. The topological polar surface area (TPSA) is 66.4 Å². The summed E-state index contributed by atoms with van der Waals surface area (Å²) < 4.78 is 36.3. The summed E-state index contributed by atoms with van der Waals surface area (Å²) >= 11 is 0. The van der Waals surface area contributed by atoms with Crippen molar-refractivity contribution in [2.24, 2.45) is 0 Å². The first-order valence-electron chi connectivity index (χ1n) is 5.10. The number of hydrogen-bond donors (Lipinski definition) is 0. The van der Waals surface area contributed by atoms with E-state index in [-0.39, 0.29) is 35.3 Å². The van der Waals surface area contributed by atoms with Gasteiger partial charge < -0.3 is 9.29 Å². The van der Waals surface area contributed by atoms with Crippen molar-refractivity contribution in [3.63, 3.8) is 0 Å². The van der Waals surface area contributed by atoms with Gasteiger partial charge in [-0.3, -0.25) is 0 Å². The Bertz CT molecular complexity index is 431. The normalized spacial score (nSPS) is 10.7. The monoisotopic (exact) mass is 266 g/mol.